The van der Waals surface area contributed by atoms with Gasteiger partial charge in [-0.3, -0.25) is 4.79 Å². The van der Waals surface area contributed by atoms with E-state index in [0.717, 1.165) is 6.42 Å². The molecule has 0 fully saturated rings. The molecule has 0 aliphatic rings. The average Bonchev–Trinajstić information content (AvgIpc) is 2.62. The molecule has 0 aromatic carbocycles. The van der Waals surface area contributed by atoms with E-state index in [1.165, 1.54) is 0 Å². The molecule has 0 radical (unpaired) electrons. The van der Waals surface area contributed by atoms with Crippen molar-refractivity contribution < 1.29 is 27.8 Å². The van der Waals surface area contributed by atoms with Gasteiger partial charge in [-0.1, -0.05) is 34.6 Å². The van der Waals surface area contributed by atoms with Gasteiger partial charge in [-0.15, -0.1) is 0 Å². The second-order valence-corrected chi connectivity index (χ2v) is 10.8. The van der Waals surface area contributed by atoms with Crippen molar-refractivity contribution in [2.24, 2.45) is 11.3 Å². The van der Waals surface area contributed by atoms with E-state index in [4.69, 9.17) is 23.0 Å². The molecule has 1 N–H and O–H groups in total. The summed E-state index contributed by atoms with van der Waals surface area (Å²) in [6, 6.07) is 0. The maximum absolute atomic E-state index is 11.6. The highest BCUT2D eigenvalue weighted by molar-refractivity contribution is 7.41. The zero-order chi connectivity index (χ0) is 23.4. The molecule has 0 saturated heterocycles. The van der Waals surface area contributed by atoms with Gasteiger partial charge in [0.05, 0.1) is 44.2 Å². The van der Waals surface area contributed by atoms with Crippen LogP contribution in [-0.4, -0.2) is 56.7 Å². The molecule has 0 saturated carbocycles. The van der Waals surface area contributed by atoms with Gasteiger partial charge in [-0.25, -0.2) is 0 Å². The molecular formula is C22H46NO6P. The van der Waals surface area contributed by atoms with Crippen molar-refractivity contribution in [1.82, 2.24) is 5.32 Å². The van der Waals surface area contributed by atoms with E-state index < -0.39 is 14.2 Å². The van der Waals surface area contributed by atoms with E-state index >= 15 is 0 Å². The Morgan fingerprint density at radius 3 is 2.13 bits per heavy atom. The first-order chi connectivity index (χ1) is 13.8. The molecule has 8 heteroatoms. The Bertz CT molecular complexity index is 471. The summed E-state index contributed by atoms with van der Waals surface area (Å²) in [4.78, 5) is 11.6. The van der Waals surface area contributed by atoms with Gasteiger partial charge in [0.25, 0.3) is 0 Å². The van der Waals surface area contributed by atoms with Crippen molar-refractivity contribution in [3.63, 3.8) is 0 Å². The van der Waals surface area contributed by atoms with Crippen molar-refractivity contribution in [1.29, 1.82) is 0 Å². The third-order valence-corrected chi connectivity index (χ3v) is 5.53. The molecule has 0 bridgehead atoms. The fourth-order valence-electron chi connectivity index (χ4n) is 2.07. The third kappa shape index (κ3) is 15.5. The van der Waals surface area contributed by atoms with Crippen molar-refractivity contribution in [2.75, 3.05) is 33.0 Å². The largest absolute Gasteiger partial charge is 0.378 e. The number of hydrogen-bond acceptors (Lipinski definition) is 6. The summed E-state index contributed by atoms with van der Waals surface area (Å²) in [6.07, 6.45) is 1.05. The van der Waals surface area contributed by atoms with Crippen LogP contribution in [-0.2, 0) is 27.8 Å². The third-order valence-electron chi connectivity index (χ3n) is 4.06. The fraction of sp³-hybridized carbons (Fsp3) is 0.955. The number of hydrogen-bond donors (Lipinski definition) is 1. The van der Waals surface area contributed by atoms with Crippen molar-refractivity contribution in [3.05, 3.63) is 0 Å². The minimum absolute atomic E-state index is 0.0201. The van der Waals surface area contributed by atoms with E-state index in [0.29, 0.717) is 33.0 Å². The van der Waals surface area contributed by atoms with Crippen LogP contribution in [0.25, 0.3) is 0 Å². The van der Waals surface area contributed by atoms with Gasteiger partial charge in [0, 0.05) is 17.9 Å². The molecule has 0 aromatic rings. The normalized spacial score (nSPS) is 14.9. The molecule has 0 aliphatic heterocycles. The number of amides is 1. The second-order valence-electron chi connectivity index (χ2n) is 9.69. The summed E-state index contributed by atoms with van der Waals surface area (Å²) < 4.78 is 29.4. The molecule has 0 spiro atoms. The summed E-state index contributed by atoms with van der Waals surface area (Å²) in [5, 5.41) is 2.85. The summed E-state index contributed by atoms with van der Waals surface area (Å²) in [5.74, 6) is 0.0152. The Morgan fingerprint density at radius 1 is 0.967 bits per heavy atom. The zero-order valence-corrected chi connectivity index (χ0v) is 21.8. The molecule has 2 unspecified atom stereocenters. The summed E-state index contributed by atoms with van der Waals surface area (Å²) >= 11 is 0. The number of rotatable bonds is 17. The SMILES string of the molecule is CCC(C)OP(OCC(C)(C)COCC(C)(C)OCCNC(=O)C(C)C)OC(C)C. The Morgan fingerprint density at radius 2 is 1.60 bits per heavy atom. The van der Waals surface area contributed by atoms with Gasteiger partial charge in [-0.2, -0.15) is 0 Å². The lowest BCUT2D eigenvalue weighted by molar-refractivity contribution is -0.125. The van der Waals surface area contributed by atoms with Gasteiger partial charge < -0.3 is 28.4 Å². The van der Waals surface area contributed by atoms with Crippen LogP contribution < -0.4 is 5.32 Å². The van der Waals surface area contributed by atoms with Crippen molar-refractivity contribution in [3.8, 4) is 0 Å². The molecule has 30 heavy (non-hydrogen) atoms. The second kappa shape index (κ2) is 14.7. The Hall–Kier alpha value is -0.300. The monoisotopic (exact) mass is 451 g/mol. The first-order valence-electron chi connectivity index (χ1n) is 11.0. The smallest absolute Gasteiger partial charge is 0.333 e. The predicted molar refractivity (Wildman–Crippen MR) is 122 cm³/mol. The van der Waals surface area contributed by atoms with E-state index in [1.54, 1.807) is 0 Å². The lowest BCUT2D eigenvalue weighted by Crippen LogP contribution is -2.37. The number of nitrogens with one attached hydrogen (secondary N) is 1. The average molecular weight is 452 g/mol. The zero-order valence-electron chi connectivity index (χ0n) is 20.9. The summed E-state index contributed by atoms with van der Waals surface area (Å²) in [5.41, 5.74) is -0.631. The van der Waals surface area contributed by atoms with Gasteiger partial charge >= 0.3 is 8.60 Å². The molecule has 180 valence electrons. The molecule has 0 aromatic heterocycles. The van der Waals surface area contributed by atoms with Crippen LogP contribution in [0.15, 0.2) is 0 Å². The van der Waals surface area contributed by atoms with Crippen LogP contribution >= 0.6 is 8.60 Å². The maximum atomic E-state index is 11.6. The molecule has 7 nitrogen and oxygen atoms in total. The summed E-state index contributed by atoms with van der Waals surface area (Å²) in [6.45, 7) is 22.3. The van der Waals surface area contributed by atoms with Crippen LogP contribution in [0.3, 0.4) is 0 Å². The summed E-state index contributed by atoms with van der Waals surface area (Å²) in [7, 11) is -1.38. The van der Waals surface area contributed by atoms with Crippen molar-refractivity contribution in [2.45, 2.75) is 93.5 Å². The van der Waals surface area contributed by atoms with E-state index in [-0.39, 0.29) is 29.4 Å². The number of carbonyl (C=O) groups is 1. The highest BCUT2D eigenvalue weighted by atomic mass is 31.2. The molecule has 0 heterocycles. The Kier molecular flexibility index (Phi) is 14.6. The molecular weight excluding hydrogens is 405 g/mol. The quantitative estimate of drug-likeness (QED) is 0.246. The molecule has 1 amide bonds. The van der Waals surface area contributed by atoms with Crippen LogP contribution in [0.5, 0.6) is 0 Å². The van der Waals surface area contributed by atoms with Crippen LogP contribution in [0.1, 0.15) is 75.7 Å². The van der Waals surface area contributed by atoms with Crippen molar-refractivity contribution >= 4 is 14.5 Å². The maximum Gasteiger partial charge on any atom is 0.333 e. The van der Waals surface area contributed by atoms with E-state index in [9.17, 15) is 4.79 Å². The Balaban J connectivity index is 4.30. The highest BCUT2D eigenvalue weighted by Gasteiger charge is 2.26. The number of ether oxygens (including phenoxy) is 2. The fourth-order valence-corrected chi connectivity index (χ4v) is 3.48. The Labute approximate surface area is 185 Å². The lowest BCUT2D eigenvalue weighted by Gasteiger charge is -2.30. The molecule has 0 rings (SSSR count). The van der Waals surface area contributed by atoms with Gasteiger partial charge in [0.2, 0.25) is 5.91 Å². The van der Waals surface area contributed by atoms with Gasteiger partial charge in [0.1, 0.15) is 0 Å². The van der Waals surface area contributed by atoms with Crippen LogP contribution in [0, 0.1) is 11.3 Å². The van der Waals surface area contributed by atoms with E-state index in [2.05, 4.69) is 26.1 Å². The minimum Gasteiger partial charge on any atom is -0.378 e. The van der Waals surface area contributed by atoms with Gasteiger partial charge in [-0.05, 0) is 41.0 Å². The predicted octanol–water partition coefficient (Wildman–Crippen LogP) is 5.08. The van der Waals surface area contributed by atoms with Gasteiger partial charge in [0.15, 0.2) is 0 Å². The minimum atomic E-state index is -1.38. The highest BCUT2D eigenvalue weighted by Crippen LogP contribution is 2.44. The molecule has 0 aliphatic carbocycles. The lowest BCUT2D eigenvalue weighted by atomic mass is 9.96. The van der Waals surface area contributed by atoms with Crippen LogP contribution in [0.4, 0.5) is 0 Å². The molecule has 2 atom stereocenters. The van der Waals surface area contributed by atoms with Crippen LogP contribution in [0.2, 0.25) is 0 Å². The first-order valence-corrected chi connectivity index (χ1v) is 12.1. The van der Waals surface area contributed by atoms with E-state index in [1.807, 2.05) is 48.5 Å². The number of carbonyl (C=O) groups excluding carboxylic acids is 1. The topological polar surface area (TPSA) is 75.3 Å². The standard InChI is InChI=1S/C22H46NO6P/c1-11-19(6)29-30(28-18(4)5)27-15-21(7,8)14-25-16-22(9,10)26-13-12-23-20(24)17(2)3/h17-19H,11-16H2,1-10H3,(H,23,24). The first kappa shape index (κ1) is 29.7.